The van der Waals surface area contributed by atoms with Crippen LogP contribution in [0.2, 0.25) is 0 Å². The fourth-order valence-corrected chi connectivity index (χ4v) is 4.44. The van der Waals surface area contributed by atoms with Crippen LogP contribution in [-0.2, 0) is 11.8 Å². The number of para-hydroxylation sites is 2. The molecule has 10 heteroatoms. The molecule has 2 N–H and O–H groups in total. The highest BCUT2D eigenvalue weighted by Gasteiger charge is 2.18. The molecule has 0 aliphatic carbocycles. The van der Waals surface area contributed by atoms with Gasteiger partial charge >= 0.3 is 0 Å². The Labute approximate surface area is 192 Å². The second-order valence-corrected chi connectivity index (χ2v) is 8.61. The predicted octanol–water partition coefficient (Wildman–Crippen LogP) is 3.42. The first-order chi connectivity index (χ1) is 16.0. The predicted molar refractivity (Wildman–Crippen MR) is 129 cm³/mol. The number of nitrogens with zero attached hydrogens (tertiary/aromatic N) is 5. The lowest BCUT2D eigenvalue weighted by Crippen LogP contribution is -2.23. The number of fused-ring (bicyclic) bond motifs is 3. The Bertz CT molecular complexity index is 1540. The van der Waals surface area contributed by atoms with Crippen LogP contribution in [0, 0.1) is 6.92 Å². The third kappa shape index (κ3) is 3.89. The fourth-order valence-electron chi connectivity index (χ4n) is 3.72. The second kappa shape index (κ2) is 8.55. The number of aromatic nitrogens is 6. The van der Waals surface area contributed by atoms with E-state index in [4.69, 9.17) is 0 Å². The van der Waals surface area contributed by atoms with Gasteiger partial charge < -0.3 is 10.3 Å². The zero-order valence-electron chi connectivity index (χ0n) is 18.1. The van der Waals surface area contributed by atoms with E-state index in [-0.39, 0.29) is 23.6 Å². The van der Waals surface area contributed by atoms with Gasteiger partial charge in [0.05, 0.1) is 11.4 Å². The molecule has 0 aliphatic heterocycles. The van der Waals surface area contributed by atoms with Gasteiger partial charge in [0.2, 0.25) is 11.1 Å². The third-order valence-electron chi connectivity index (χ3n) is 5.48. The number of carbonyl (C=O) groups is 1. The van der Waals surface area contributed by atoms with Crippen molar-refractivity contribution in [3.63, 3.8) is 0 Å². The van der Waals surface area contributed by atoms with Crippen LogP contribution in [0.25, 0.3) is 27.8 Å². The Morgan fingerprint density at radius 1 is 1.09 bits per heavy atom. The summed E-state index contributed by atoms with van der Waals surface area (Å²) in [6, 6.07) is 17.1. The molecule has 3 heterocycles. The molecule has 0 saturated heterocycles. The zero-order chi connectivity index (χ0) is 22.9. The van der Waals surface area contributed by atoms with E-state index in [0.717, 1.165) is 22.1 Å². The minimum absolute atomic E-state index is 0.206. The molecule has 166 valence electrons. The molecule has 9 nitrogen and oxygen atoms in total. The molecule has 0 fully saturated rings. The molecule has 3 aromatic heterocycles. The molecule has 0 aliphatic rings. The number of anilines is 1. The average molecular weight is 460 g/mol. The molecule has 1 amide bonds. The molecule has 2 aromatic carbocycles. The monoisotopic (exact) mass is 459 g/mol. The first-order valence-electron chi connectivity index (χ1n) is 10.4. The van der Waals surface area contributed by atoms with Crippen LogP contribution in [0.5, 0.6) is 0 Å². The van der Waals surface area contributed by atoms with Gasteiger partial charge in [-0.15, -0.1) is 10.2 Å². The number of carbonyl (C=O) groups excluding carboxylic acids is 1. The molecule has 0 spiro atoms. The van der Waals surface area contributed by atoms with Crippen molar-refractivity contribution in [1.82, 2.24) is 29.5 Å². The number of aromatic amines is 1. The van der Waals surface area contributed by atoms with Gasteiger partial charge in [0.25, 0.3) is 5.56 Å². The summed E-state index contributed by atoms with van der Waals surface area (Å²) in [5.74, 6) is 0.214. The molecule has 33 heavy (non-hydrogen) atoms. The van der Waals surface area contributed by atoms with Gasteiger partial charge in [-0.05, 0) is 25.1 Å². The highest BCUT2D eigenvalue weighted by Crippen LogP contribution is 2.23. The van der Waals surface area contributed by atoms with Crippen molar-refractivity contribution in [2.45, 2.75) is 18.5 Å². The average Bonchev–Trinajstić information content (AvgIpc) is 3.29. The number of hydrogen-bond donors (Lipinski definition) is 2. The quantitative estimate of drug-likeness (QED) is 0.377. The summed E-state index contributed by atoms with van der Waals surface area (Å²) < 4.78 is 3.27. The van der Waals surface area contributed by atoms with Crippen molar-refractivity contribution in [3.8, 4) is 5.69 Å². The van der Waals surface area contributed by atoms with Gasteiger partial charge in [-0.1, -0.05) is 48.2 Å². The van der Waals surface area contributed by atoms with Crippen LogP contribution in [0.4, 0.5) is 5.69 Å². The van der Waals surface area contributed by atoms with Crippen LogP contribution < -0.4 is 10.9 Å². The minimum Gasteiger partial charge on any atom is -0.338 e. The van der Waals surface area contributed by atoms with Crippen LogP contribution in [0.15, 0.2) is 64.5 Å². The minimum atomic E-state index is -0.265. The van der Waals surface area contributed by atoms with Crippen molar-refractivity contribution in [1.29, 1.82) is 0 Å². The van der Waals surface area contributed by atoms with E-state index in [1.165, 1.54) is 16.4 Å². The zero-order valence-corrected chi connectivity index (χ0v) is 18.9. The van der Waals surface area contributed by atoms with E-state index in [0.29, 0.717) is 22.3 Å². The van der Waals surface area contributed by atoms with Gasteiger partial charge in [0.15, 0.2) is 5.65 Å². The molecular formula is C23H21N7O2S. The smallest absolute Gasteiger partial charge is 0.295 e. The van der Waals surface area contributed by atoms with Crippen molar-refractivity contribution in [2.75, 3.05) is 11.1 Å². The van der Waals surface area contributed by atoms with E-state index in [1.54, 1.807) is 18.7 Å². The maximum Gasteiger partial charge on any atom is 0.295 e. The Morgan fingerprint density at radius 2 is 1.85 bits per heavy atom. The van der Waals surface area contributed by atoms with E-state index >= 15 is 0 Å². The van der Waals surface area contributed by atoms with Crippen molar-refractivity contribution < 1.29 is 4.79 Å². The molecular weight excluding hydrogens is 438 g/mol. The first-order valence-corrected chi connectivity index (χ1v) is 11.4. The Morgan fingerprint density at radius 3 is 2.67 bits per heavy atom. The summed E-state index contributed by atoms with van der Waals surface area (Å²) in [4.78, 5) is 33.2. The van der Waals surface area contributed by atoms with Crippen LogP contribution in [0.1, 0.15) is 12.1 Å². The van der Waals surface area contributed by atoms with Crippen LogP contribution in [0.3, 0.4) is 0 Å². The van der Waals surface area contributed by atoms with Crippen LogP contribution >= 0.6 is 11.8 Å². The SMILES string of the molecule is Cc1c(NC(=O)CCSc2nnc3c(n2)[nH]c2ccccc23)c(=O)n(-c2ccccc2)n1C. The molecule has 0 bridgehead atoms. The van der Waals surface area contributed by atoms with Gasteiger partial charge in [-0.2, -0.15) is 0 Å². The summed E-state index contributed by atoms with van der Waals surface area (Å²) >= 11 is 1.34. The first kappa shape index (κ1) is 21.0. The van der Waals surface area contributed by atoms with E-state index in [2.05, 4.69) is 25.5 Å². The Balaban J connectivity index is 1.26. The molecule has 5 rings (SSSR count). The third-order valence-corrected chi connectivity index (χ3v) is 6.32. The van der Waals surface area contributed by atoms with E-state index in [9.17, 15) is 9.59 Å². The number of amides is 1. The molecule has 0 atom stereocenters. The maximum atomic E-state index is 12.9. The summed E-state index contributed by atoms with van der Waals surface area (Å²) in [6.07, 6.45) is 0.206. The number of benzene rings is 2. The van der Waals surface area contributed by atoms with Crippen molar-refractivity contribution >= 4 is 45.4 Å². The topological polar surface area (TPSA) is 110 Å². The van der Waals surface area contributed by atoms with Gasteiger partial charge in [0, 0.05) is 30.1 Å². The fraction of sp³-hybridized carbons (Fsp3) is 0.174. The van der Waals surface area contributed by atoms with Crippen molar-refractivity contribution in [2.24, 2.45) is 7.05 Å². The van der Waals surface area contributed by atoms with Crippen molar-refractivity contribution in [3.05, 3.63) is 70.6 Å². The standard InChI is InChI=1S/C23H21N7O2S/c1-14-19(22(32)30(29(14)2)15-8-4-3-5-9-15)25-18(31)12-13-33-23-26-21-20(27-28-23)16-10-6-7-11-17(16)24-21/h3-11H,12-13H2,1-2H3,(H,25,31)(H,24,26,28). The summed E-state index contributed by atoms with van der Waals surface area (Å²) in [7, 11) is 1.79. The number of thioether (sulfide) groups is 1. The largest absolute Gasteiger partial charge is 0.338 e. The number of H-pyrrole nitrogens is 1. The number of nitrogens with one attached hydrogen (secondary N) is 2. The lowest BCUT2D eigenvalue weighted by molar-refractivity contribution is -0.115. The summed E-state index contributed by atoms with van der Waals surface area (Å²) in [5, 5.41) is 12.7. The second-order valence-electron chi connectivity index (χ2n) is 7.55. The van der Waals surface area contributed by atoms with Crippen LogP contribution in [-0.4, -0.2) is 41.2 Å². The highest BCUT2D eigenvalue weighted by atomic mass is 32.2. The summed E-state index contributed by atoms with van der Waals surface area (Å²) in [5.41, 5.74) is 3.78. The lowest BCUT2D eigenvalue weighted by atomic mass is 10.2. The summed E-state index contributed by atoms with van der Waals surface area (Å²) in [6.45, 7) is 1.81. The number of rotatable bonds is 6. The van der Waals surface area contributed by atoms with E-state index in [1.807, 2.05) is 54.6 Å². The van der Waals surface area contributed by atoms with Gasteiger partial charge in [0.1, 0.15) is 11.2 Å². The number of hydrogen-bond acceptors (Lipinski definition) is 6. The Kier molecular flexibility index (Phi) is 5.43. The van der Waals surface area contributed by atoms with E-state index < -0.39 is 0 Å². The lowest BCUT2D eigenvalue weighted by Gasteiger charge is -2.07. The van der Waals surface area contributed by atoms with Gasteiger partial charge in [-0.25, -0.2) is 9.67 Å². The molecule has 5 aromatic rings. The maximum absolute atomic E-state index is 12.9. The Hall–Kier alpha value is -3.92. The van der Waals surface area contributed by atoms with Gasteiger partial charge in [-0.3, -0.25) is 14.3 Å². The molecule has 0 radical (unpaired) electrons. The molecule has 0 saturated carbocycles. The molecule has 0 unspecified atom stereocenters. The normalized spacial score (nSPS) is 11.3. The highest BCUT2D eigenvalue weighted by molar-refractivity contribution is 7.99.